The molecular formula is C32H42N2O6. The molecule has 40 heavy (non-hydrogen) atoms. The minimum Gasteiger partial charge on any atom is -0.507 e. The molecule has 1 N–H and O–H groups in total. The van der Waals surface area contributed by atoms with Crippen molar-refractivity contribution in [3.63, 3.8) is 0 Å². The van der Waals surface area contributed by atoms with Gasteiger partial charge in [0.05, 0.1) is 38.0 Å². The van der Waals surface area contributed by atoms with Gasteiger partial charge in [-0.25, -0.2) is 0 Å². The monoisotopic (exact) mass is 550 g/mol. The van der Waals surface area contributed by atoms with E-state index in [1.165, 1.54) is 0 Å². The molecule has 0 aliphatic carbocycles. The molecule has 2 aromatic rings. The number of carbonyl (C=O) groups excluding carboxylic acids is 2. The summed E-state index contributed by atoms with van der Waals surface area (Å²) in [6, 6.07) is 12.1. The number of Topliss-reactive ketones (excluding diaryl/α,β-unsaturated/α-hetero) is 1. The number of amides is 1. The van der Waals surface area contributed by atoms with Crippen LogP contribution in [-0.2, 0) is 14.3 Å². The smallest absolute Gasteiger partial charge is 0.295 e. The normalized spacial score (nSPS) is 19.4. The zero-order valence-corrected chi connectivity index (χ0v) is 24.2. The SMILES string of the molecule is CCCOc1ccc(C2C(=C(O)c3ccc(OCC(C)C)c(C)c3)C(=O)C(=O)N2CCCN2CCOCC2)cc1. The van der Waals surface area contributed by atoms with Gasteiger partial charge >= 0.3 is 0 Å². The number of nitrogens with zero attached hydrogens (tertiary/aromatic N) is 2. The van der Waals surface area contributed by atoms with Crippen LogP contribution in [0.2, 0.25) is 0 Å². The van der Waals surface area contributed by atoms with E-state index in [0.29, 0.717) is 50.9 Å². The minimum atomic E-state index is -0.693. The summed E-state index contributed by atoms with van der Waals surface area (Å²) in [5.74, 6) is 0.399. The molecule has 216 valence electrons. The first-order valence-corrected chi connectivity index (χ1v) is 14.3. The number of hydrogen-bond donors (Lipinski definition) is 1. The summed E-state index contributed by atoms with van der Waals surface area (Å²) in [5, 5.41) is 11.5. The van der Waals surface area contributed by atoms with E-state index in [2.05, 4.69) is 18.7 Å². The van der Waals surface area contributed by atoms with Crippen LogP contribution in [0.25, 0.3) is 5.76 Å². The van der Waals surface area contributed by atoms with E-state index in [1.807, 2.05) is 38.1 Å². The highest BCUT2D eigenvalue weighted by atomic mass is 16.5. The summed E-state index contributed by atoms with van der Waals surface area (Å²) < 4.78 is 17.1. The van der Waals surface area contributed by atoms with Gasteiger partial charge in [0.25, 0.3) is 11.7 Å². The number of rotatable bonds is 12. The quantitative estimate of drug-likeness (QED) is 0.227. The fourth-order valence-corrected chi connectivity index (χ4v) is 5.08. The molecule has 2 saturated heterocycles. The number of likely N-dealkylation sites (tertiary alicyclic amines) is 1. The van der Waals surface area contributed by atoms with Crippen LogP contribution < -0.4 is 9.47 Å². The number of carbonyl (C=O) groups is 2. The Hall–Kier alpha value is -3.36. The molecule has 2 heterocycles. The van der Waals surface area contributed by atoms with Crippen molar-refractivity contribution in [1.82, 2.24) is 9.80 Å². The maximum Gasteiger partial charge on any atom is 0.295 e. The van der Waals surface area contributed by atoms with Crippen molar-refractivity contribution in [2.75, 3.05) is 52.6 Å². The zero-order chi connectivity index (χ0) is 28.6. The van der Waals surface area contributed by atoms with Gasteiger partial charge in [0, 0.05) is 31.7 Å². The molecule has 2 aromatic carbocycles. The van der Waals surface area contributed by atoms with E-state index < -0.39 is 17.7 Å². The summed E-state index contributed by atoms with van der Waals surface area (Å²) >= 11 is 0. The molecule has 0 radical (unpaired) electrons. The second-order valence-corrected chi connectivity index (χ2v) is 10.9. The summed E-state index contributed by atoms with van der Waals surface area (Å²) in [4.78, 5) is 30.7. The third-order valence-corrected chi connectivity index (χ3v) is 7.21. The van der Waals surface area contributed by atoms with Gasteiger partial charge in [0.15, 0.2) is 0 Å². The predicted molar refractivity (Wildman–Crippen MR) is 155 cm³/mol. The van der Waals surface area contributed by atoms with Crippen molar-refractivity contribution in [3.05, 3.63) is 64.7 Å². The van der Waals surface area contributed by atoms with Crippen molar-refractivity contribution < 1.29 is 28.9 Å². The lowest BCUT2D eigenvalue weighted by atomic mass is 9.94. The van der Waals surface area contributed by atoms with Crippen molar-refractivity contribution in [3.8, 4) is 11.5 Å². The number of aryl methyl sites for hydroxylation is 1. The standard InChI is InChI=1S/C32H42N2O6/c1-5-17-39-26-10-7-24(8-11-26)29-28(30(35)25-9-12-27(23(4)20-25)40-21-22(2)3)31(36)32(37)34(29)14-6-13-33-15-18-38-19-16-33/h7-12,20,22,29,35H,5-6,13-19,21H2,1-4H3. The lowest BCUT2D eigenvalue weighted by Gasteiger charge is -2.29. The van der Waals surface area contributed by atoms with Crippen molar-refractivity contribution in [2.24, 2.45) is 5.92 Å². The Morgan fingerprint density at radius 3 is 2.42 bits per heavy atom. The number of aliphatic hydroxyl groups is 1. The van der Waals surface area contributed by atoms with Gasteiger partial charge < -0.3 is 24.2 Å². The molecule has 0 bridgehead atoms. The van der Waals surface area contributed by atoms with Crippen molar-refractivity contribution >= 4 is 17.4 Å². The molecule has 1 amide bonds. The van der Waals surface area contributed by atoms with Crippen LogP contribution in [0, 0.1) is 12.8 Å². The lowest BCUT2D eigenvalue weighted by Crippen LogP contribution is -2.38. The Kier molecular flexibility index (Phi) is 10.2. The summed E-state index contributed by atoms with van der Waals surface area (Å²) in [5.41, 5.74) is 2.19. The Morgan fingerprint density at radius 2 is 1.77 bits per heavy atom. The van der Waals surface area contributed by atoms with Gasteiger partial charge in [0.1, 0.15) is 17.3 Å². The van der Waals surface area contributed by atoms with Crippen LogP contribution in [0.5, 0.6) is 11.5 Å². The topological polar surface area (TPSA) is 88.5 Å². The fourth-order valence-electron chi connectivity index (χ4n) is 5.08. The summed E-state index contributed by atoms with van der Waals surface area (Å²) in [6.45, 7) is 13.6. The first kappa shape index (κ1) is 29.6. The number of hydrogen-bond acceptors (Lipinski definition) is 7. The highest BCUT2D eigenvalue weighted by Crippen LogP contribution is 2.40. The minimum absolute atomic E-state index is 0.105. The van der Waals surface area contributed by atoms with Crippen LogP contribution in [-0.4, -0.2) is 79.2 Å². The molecule has 0 aromatic heterocycles. The summed E-state index contributed by atoms with van der Waals surface area (Å²) in [7, 11) is 0. The maximum atomic E-state index is 13.4. The molecule has 4 rings (SSSR count). The number of ketones is 1. The Bertz CT molecular complexity index is 1200. The second-order valence-electron chi connectivity index (χ2n) is 10.9. The molecule has 2 aliphatic heterocycles. The molecule has 8 nitrogen and oxygen atoms in total. The van der Waals surface area contributed by atoms with Gasteiger partial charge in [-0.2, -0.15) is 0 Å². The first-order valence-electron chi connectivity index (χ1n) is 14.3. The zero-order valence-electron chi connectivity index (χ0n) is 24.2. The average molecular weight is 551 g/mol. The molecular weight excluding hydrogens is 508 g/mol. The molecule has 1 atom stereocenters. The molecule has 0 saturated carbocycles. The first-order chi connectivity index (χ1) is 19.3. The molecule has 0 spiro atoms. The highest BCUT2D eigenvalue weighted by molar-refractivity contribution is 6.46. The molecule has 2 aliphatic rings. The van der Waals surface area contributed by atoms with E-state index in [4.69, 9.17) is 14.2 Å². The second kappa shape index (κ2) is 13.8. The van der Waals surface area contributed by atoms with Crippen LogP contribution in [0.1, 0.15) is 56.3 Å². The van der Waals surface area contributed by atoms with Gasteiger partial charge in [-0.15, -0.1) is 0 Å². The molecule has 1 unspecified atom stereocenters. The number of morpholine rings is 1. The van der Waals surface area contributed by atoms with Gasteiger partial charge in [-0.1, -0.05) is 32.9 Å². The number of ether oxygens (including phenoxy) is 3. The Balaban J connectivity index is 1.65. The van der Waals surface area contributed by atoms with Crippen LogP contribution in [0.4, 0.5) is 0 Å². The third-order valence-electron chi connectivity index (χ3n) is 7.21. The Morgan fingerprint density at radius 1 is 1.05 bits per heavy atom. The molecule has 2 fully saturated rings. The number of benzene rings is 2. The average Bonchev–Trinajstić information content (AvgIpc) is 3.21. The third kappa shape index (κ3) is 7.04. The predicted octanol–water partition coefficient (Wildman–Crippen LogP) is 4.96. The summed E-state index contributed by atoms with van der Waals surface area (Å²) in [6.07, 6.45) is 1.61. The van der Waals surface area contributed by atoms with E-state index in [9.17, 15) is 14.7 Å². The largest absolute Gasteiger partial charge is 0.507 e. The van der Waals surface area contributed by atoms with Gasteiger partial charge in [-0.3, -0.25) is 14.5 Å². The van der Waals surface area contributed by atoms with Crippen molar-refractivity contribution in [1.29, 1.82) is 0 Å². The van der Waals surface area contributed by atoms with E-state index in [1.54, 1.807) is 23.1 Å². The van der Waals surface area contributed by atoms with Crippen molar-refractivity contribution in [2.45, 2.75) is 46.6 Å². The van der Waals surface area contributed by atoms with Crippen LogP contribution in [0.15, 0.2) is 48.0 Å². The Labute approximate surface area is 237 Å². The fraction of sp³-hybridized carbons (Fsp3) is 0.500. The van der Waals surface area contributed by atoms with E-state index in [-0.39, 0.29) is 11.3 Å². The van der Waals surface area contributed by atoms with E-state index >= 15 is 0 Å². The highest BCUT2D eigenvalue weighted by Gasteiger charge is 2.45. The van der Waals surface area contributed by atoms with Crippen LogP contribution >= 0.6 is 0 Å². The van der Waals surface area contributed by atoms with E-state index in [0.717, 1.165) is 48.7 Å². The number of aliphatic hydroxyl groups excluding tert-OH is 1. The van der Waals surface area contributed by atoms with Gasteiger partial charge in [0.2, 0.25) is 0 Å². The van der Waals surface area contributed by atoms with Gasteiger partial charge in [-0.05, 0) is 67.1 Å². The lowest BCUT2D eigenvalue weighted by molar-refractivity contribution is -0.140. The molecule has 8 heteroatoms. The maximum absolute atomic E-state index is 13.4. The van der Waals surface area contributed by atoms with Crippen LogP contribution in [0.3, 0.4) is 0 Å².